The van der Waals surface area contributed by atoms with Gasteiger partial charge in [-0.2, -0.15) is 0 Å². The topological polar surface area (TPSA) is 72.7 Å². The molecule has 2 aromatic heterocycles. The molecule has 0 unspecified atom stereocenters. The van der Waals surface area contributed by atoms with E-state index in [1.165, 1.54) is 11.8 Å². The Labute approximate surface area is 179 Å². The second-order valence-electron chi connectivity index (χ2n) is 6.72. The summed E-state index contributed by atoms with van der Waals surface area (Å²) in [5.41, 5.74) is 1.72. The zero-order valence-corrected chi connectivity index (χ0v) is 17.3. The monoisotopic (exact) mass is 415 g/mol. The van der Waals surface area contributed by atoms with Crippen LogP contribution in [-0.4, -0.2) is 30.9 Å². The number of carbonyl (C=O) groups is 1. The van der Waals surface area contributed by atoms with E-state index >= 15 is 0 Å². The molecule has 0 radical (unpaired) electrons. The van der Waals surface area contributed by atoms with Crippen LogP contribution in [0.25, 0.3) is 22.2 Å². The van der Waals surface area contributed by atoms with Crippen molar-refractivity contribution in [3.05, 3.63) is 79.6 Å². The van der Waals surface area contributed by atoms with Gasteiger partial charge in [-0.15, -0.1) is 16.8 Å². The lowest BCUT2D eigenvalue weighted by molar-refractivity contribution is -0.115. The van der Waals surface area contributed by atoms with Gasteiger partial charge in [0.15, 0.2) is 11.0 Å². The van der Waals surface area contributed by atoms with Crippen molar-refractivity contribution in [2.24, 2.45) is 0 Å². The minimum Gasteiger partial charge on any atom is -0.325 e. The number of carbonyl (C=O) groups excluding carboxylic acids is 1. The molecule has 0 aliphatic heterocycles. The second kappa shape index (κ2) is 8.92. The van der Waals surface area contributed by atoms with E-state index in [2.05, 4.69) is 27.1 Å². The van der Waals surface area contributed by atoms with E-state index in [-0.39, 0.29) is 11.2 Å². The Kier molecular flexibility index (Phi) is 5.90. The van der Waals surface area contributed by atoms with E-state index in [4.69, 9.17) is 0 Å². The molecule has 0 spiro atoms. The number of allylic oxidation sites excluding steroid dienone is 1. The highest BCUT2D eigenvalue weighted by Gasteiger charge is 2.21. The quantitative estimate of drug-likeness (QED) is 0.347. The summed E-state index contributed by atoms with van der Waals surface area (Å²) in [5.74, 6) is 0.636. The van der Waals surface area contributed by atoms with Crippen molar-refractivity contribution in [3.63, 3.8) is 0 Å². The number of anilines is 1. The molecule has 150 valence electrons. The van der Waals surface area contributed by atoms with Crippen molar-refractivity contribution < 1.29 is 4.79 Å². The summed E-state index contributed by atoms with van der Waals surface area (Å²) in [5, 5.41) is 14.1. The van der Waals surface area contributed by atoms with Gasteiger partial charge >= 0.3 is 0 Å². The minimum absolute atomic E-state index is 0.0880. The van der Waals surface area contributed by atoms with Gasteiger partial charge in [0.05, 0.1) is 5.25 Å². The minimum atomic E-state index is -0.359. The normalized spacial score (nSPS) is 11.9. The van der Waals surface area contributed by atoms with Gasteiger partial charge in [0.1, 0.15) is 0 Å². The Balaban J connectivity index is 1.55. The molecule has 0 bridgehead atoms. The highest BCUT2D eigenvalue weighted by Crippen LogP contribution is 2.28. The van der Waals surface area contributed by atoms with E-state index in [1.54, 1.807) is 18.5 Å². The Morgan fingerprint density at radius 2 is 1.90 bits per heavy atom. The summed E-state index contributed by atoms with van der Waals surface area (Å²) >= 11 is 1.37. The number of benzene rings is 2. The van der Waals surface area contributed by atoms with Gasteiger partial charge in [-0.3, -0.25) is 14.3 Å². The fourth-order valence-corrected chi connectivity index (χ4v) is 4.02. The Bertz CT molecular complexity index is 1180. The molecule has 2 aromatic carbocycles. The van der Waals surface area contributed by atoms with E-state index < -0.39 is 0 Å². The van der Waals surface area contributed by atoms with E-state index in [1.807, 2.05) is 66.1 Å². The molecule has 1 N–H and O–H groups in total. The fourth-order valence-electron chi connectivity index (χ4n) is 3.16. The molecular weight excluding hydrogens is 394 g/mol. The molecule has 0 saturated carbocycles. The highest BCUT2D eigenvalue weighted by molar-refractivity contribution is 8.00. The van der Waals surface area contributed by atoms with Crippen molar-refractivity contribution in [1.82, 2.24) is 19.7 Å². The van der Waals surface area contributed by atoms with Gasteiger partial charge in [0.2, 0.25) is 5.91 Å². The number of hydrogen-bond acceptors (Lipinski definition) is 5. The van der Waals surface area contributed by atoms with Crippen LogP contribution >= 0.6 is 11.8 Å². The van der Waals surface area contributed by atoms with E-state index in [0.29, 0.717) is 11.7 Å². The van der Waals surface area contributed by atoms with Crippen LogP contribution in [0.15, 0.2) is 84.8 Å². The van der Waals surface area contributed by atoms with Crippen LogP contribution in [0.3, 0.4) is 0 Å². The van der Waals surface area contributed by atoms with Crippen LogP contribution in [0.1, 0.15) is 6.92 Å². The first kappa shape index (κ1) is 19.8. The highest BCUT2D eigenvalue weighted by atomic mass is 32.2. The first-order valence-corrected chi connectivity index (χ1v) is 10.4. The van der Waals surface area contributed by atoms with Crippen LogP contribution in [0.4, 0.5) is 5.69 Å². The maximum atomic E-state index is 12.9. The number of thioether (sulfide) groups is 1. The summed E-state index contributed by atoms with van der Waals surface area (Å²) < 4.78 is 1.95. The standard InChI is InChI=1S/C23H21N5OS/c1-3-15-28-21(18-11-13-24-14-12-18)26-27-23(28)30-16(2)22(29)25-20-10-6-8-17-7-4-5-9-19(17)20/h3-14,16H,1,15H2,2H3,(H,25,29)/t16-/m1/s1. The molecule has 0 aliphatic carbocycles. The maximum absolute atomic E-state index is 12.9. The van der Waals surface area contributed by atoms with Gasteiger partial charge in [-0.05, 0) is 30.5 Å². The van der Waals surface area contributed by atoms with Crippen molar-refractivity contribution in [2.75, 3.05) is 5.32 Å². The van der Waals surface area contributed by atoms with Crippen molar-refractivity contribution in [3.8, 4) is 11.4 Å². The van der Waals surface area contributed by atoms with Crippen molar-refractivity contribution in [1.29, 1.82) is 0 Å². The third-order valence-electron chi connectivity index (χ3n) is 4.67. The number of nitrogens with one attached hydrogen (secondary N) is 1. The zero-order chi connectivity index (χ0) is 20.9. The number of aromatic nitrogens is 4. The molecule has 0 aliphatic rings. The molecule has 6 nitrogen and oxygen atoms in total. The van der Waals surface area contributed by atoms with Gasteiger partial charge in [-0.25, -0.2) is 0 Å². The van der Waals surface area contributed by atoms with Crippen molar-refractivity contribution in [2.45, 2.75) is 23.9 Å². The van der Waals surface area contributed by atoms with Gasteiger partial charge in [0, 0.05) is 35.6 Å². The van der Waals surface area contributed by atoms with Gasteiger partial charge < -0.3 is 5.32 Å². The third kappa shape index (κ3) is 4.11. The smallest absolute Gasteiger partial charge is 0.237 e. The molecule has 4 aromatic rings. The first-order chi connectivity index (χ1) is 14.7. The molecule has 0 fully saturated rings. The molecule has 1 atom stereocenters. The molecular formula is C23H21N5OS. The number of nitrogens with zero attached hydrogens (tertiary/aromatic N) is 4. The average molecular weight is 416 g/mol. The van der Waals surface area contributed by atoms with Crippen molar-refractivity contribution >= 4 is 34.1 Å². The number of hydrogen-bond donors (Lipinski definition) is 1. The molecule has 30 heavy (non-hydrogen) atoms. The summed E-state index contributed by atoms with van der Waals surface area (Å²) in [7, 11) is 0. The Morgan fingerprint density at radius 3 is 2.70 bits per heavy atom. The molecule has 0 saturated heterocycles. The number of amides is 1. The average Bonchev–Trinajstić information content (AvgIpc) is 3.17. The van der Waals surface area contributed by atoms with Crippen LogP contribution in [0.5, 0.6) is 0 Å². The zero-order valence-electron chi connectivity index (χ0n) is 16.5. The number of pyridine rings is 1. The molecule has 7 heteroatoms. The maximum Gasteiger partial charge on any atom is 0.237 e. The first-order valence-electron chi connectivity index (χ1n) is 9.57. The lowest BCUT2D eigenvalue weighted by Crippen LogP contribution is -2.23. The molecule has 4 rings (SSSR count). The van der Waals surface area contributed by atoms with Crippen LogP contribution < -0.4 is 5.32 Å². The predicted octanol–water partition coefficient (Wildman–Crippen LogP) is 4.80. The lowest BCUT2D eigenvalue weighted by atomic mass is 10.1. The number of fused-ring (bicyclic) bond motifs is 1. The van der Waals surface area contributed by atoms with E-state index in [0.717, 1.165) is 27.8 Å². The summed E-state index contributed by atoms with van der Waals surface area (Å²) in [6, 6.07) is 17.6. The lowest BCUT2D eigenvalue weighted by Gasteiger charge is -2.14. The summed E-state index contributed by atoms with van der Waals surface area (Å²) in [4.78, 5) is 16.9. The summed E-state index contributed by atoms with van der Waals surface area (Å²) in [6.45, 7) is 6.24. The molecule has 1 amide bonds. The van der Waals surface area contributed by atoms with E-state index in [9.17, 15) is 4.79 Å². The Morgan fingerprint density at radius 1 is 1.13 bits per heavy atom. The van der Waals surface area contributed by atoms with Crippen LogP contribution in [0, 0.1) is 0 Å². The number of rotatable bonds is 7. The predicted molar refractivity (Wildman–Crippen MR) is 121 cm³/mol. The van der Waals surface area contributed by atoms with Crippen LogP contribution in [-0.2, 0) is 11.3 Å². The molecule has 2 heterocycles. The second-order valence-corrected chi connectivity index (χ2v) is 8.03. The third-order valence-corrected chi connectivity index (χ3v) is 5.75. The van der Waals surface area contributed by atoms with Crippen LogP contribution in [0.2, 0.25) is 0 Å². The Hall–Kier alpha value is -3.45. The van der Waals surface area contributed by atoms with Gasteiger partial charge in [0.25, 0.3) is 0 Å². The fraction of sp³-hybridized carbons (Fsp3) is 0.130. The largest absolute Gasteiger partial charge is 0.325 e. The summed E-state index contributed by atoms with van der Waals surface area (Å²) in [6.07, 6.45) is 5.23. The van der Waals surface area contributed by atoms with Gasteiger partial charge in [-0.1, -0.05) is 54.2 Å². The SMILES string of the molecule is C=CCn1c(S[C@H](C)C(=O)Nc2cccc3ccccc23)nnc1-c1ccncc1.